The van der Waals surface area contributed by atoms with Crippen LogP contribution in [0.2, 0.25) is 5.02 Å². The number of benzene rings is 3. The number of hydrogen-bond acceptors (Lipinski definition) is 6. The highest BCUT2D eigenvalue weighted by molar-refractivity contribution is 7.98. The lowest BCUT2D eigenvalue weighted by atomic mass is 10.1. The molecule has 0 radical (unpaired) electrons. The highest BCUT2D eigenvalue weighted by atomic mass is 35.5. The van der Waals surface area contributed by atoms with Crippen LogP contribution in [0.4, 0.5) is 0 Å². The molecule has 1 amide bonds. The average molecular weight is 552 g/mol. The van der Waals surface area contributed by atoms with E-state index in [0.29, 0.717) is 70.7 Å². The maximum atomic E-state index is 13.3. The van der Waals surface area contributed by atoms with Gasteiger partial charge in [-0.15, -0.1) is 0 Å². The van der Waals surface area contributed by atoms with Crippen LogP contribution in [0.5, 0.6) is 11.5 Å². The molecule has 0 spiro atoms. The summed E-state index contributed by atoms with van der Waals surface area (Å²) in [6, 6.07) is 20.7. The largest absolute Gasteiger partial charge is 0.493 e. The minimum absolute atomic E-state index is 0.0578. The van der Waals surface area contributed by atoms with Crippen LogP contribution >= 0.6 is 23.4 Å². The van der Waals surface area contributed by atoms with Gasteiger partial charge in [0.2, 0.25) is 5.91 Å². The van der Waals surface area contributed by atoms with E-state index >= 15 is 0 Å². The van der Waals surface area contributed by atoms with E-state index < -0.39 is 0 Å². The van der Waals surface area contributed by atoms with Gasteiger partial charge in [-0.25, -0.2) is 4.98 Å². The Morgan fingerprint density at radius 2 is 1.79 bits per heavy atom. The zero-order valence-electron chi connectivity index (χ0n) is 21.4. The fourth-order valence-corrected chi connectivity index (χ4v) is 5.39. The smallest absolute Gasteiger partial charge is 0.262 e. The monoisotopic (exact) mass is 551 g/mol. The minimum atomic E-state index is -0.105. The molecule has 1 N–H and O–H groups in total. The number of methoxy groups -OCH3 is 2. The molecule has 0 unspecified atom stereocenters. The lowest BCUT2D eigenvalue weighted by molar-refractivity contribution is -0.121. The molecule has 38 heavy (non-hydrogen) atoms. The van der Waals surface area contributed by atoms with Gasteiger partial charge in [-0.1, -0.05) is 59.8 Å². The van der Waals surface area contributed by atoms with E-state index in [-0.39, 0.29) is 11.5 Å². The Morgan fingerprint density at radius 1 is 1.03 bits per heavy atom. The normalized spacial score (nSPS) is 10.9. The second-order valence-corrected chi connectivity index (χ2v) is 9.99. The van der Waals surface area contributed by atoms with Crippen molar-refractivity contribution in [3.05, 3.63) is 93.2 Å². The van der Waals surface area contributed by atoms with Gasteiger partial charge in [0.25, 0.3) is 5.56 Å². The molecule has 1 aromatic heterocycles. The van der Waals surface area contributed by atoms with E-state index in [1.165, 1.54) is 11.8 Å². The van der Waals surface area contributed by atoms with Gasteiger partial charge in [0, 0.05) is 30.3 Å². The molecule has 0 atom stereocenters. The summed E-state index contributed by atoms with van der Waals surface area (Å²) in [5.41, 5.74) is 2.56. The Hall–Kier alpha value is -3.49. The summed E-state index contributed by atoms with van der Waals surface area (Å²) < 4.78 is 12.3. The third-order valence-electron chi connectivity index (χ3n) is 6.11. The van der Waals surface area contributed by atoms with Crippen molar-refractivity contribution in [2.75, 3.05) is 20.8 Å². The molecule has 0 aliphatic heterocycles. The first-order valence-electron chi connectivity index (χ1n) is 12.3. The zero-order chi connectivity index (χ0) is 26.9. The van der Waals surface area contributed by atoms with Crippen LogP contribution in [0.25, 0.3) is 10.9 Å². The van der Waals surface area contributed by atoms with Gasteiger partial charge in [0.1, 0.15) is 0 Å². The predicted octanol–water partition coefficient (Wildman–Crippen LogP) is 5.50. The van der Waals surface area contributed by atoms with Crippen molar-refractivity contribution in [2.24, 2.45) is 0 Å². The van der Waals surface area contributed by atoms with Gasteiger partial charge in [-0.3, -0.25) is 14.2 Å². The summed E-state index contributed by atoms with van der Waals surface area (Å²) >= 11 is 7.79. The Bertz CT molecular complexity index is 1470. The van der Waals surface area contributed by atoms with E-state index in [1.54, 1.807) is 24.9 Å². The Balaban J connectivity index is 1.37. The van der Waals surface area contributed by atoms with Crippen LogP contribution in [0, 0.1) is 0 Å². The number of rotatable bonds is 12. The van der Waals surface area contributed by atoms with Crippen molar-refractivity contribution < 1.29 is 14.3 Å². The summed E-state index contributed by atoms with van der Waals surface area (Å²) in [6.07, 6.45) is 1.49. The van der Waals surface area contributed by atoms with Crippen molar-refractivity contribution >= 4 is 40.2 Å². The quantitative estimate of drug-likeness (QED) is 0.185. The molecule has 4 rings (SSSR count). The molecule has 0 aliphatic rings. The summed E-state index contributed by atoms with van der Waals surface area (Å²) in [4.78, 5) is 30.5. The molecule has 1 heterocycles. The number of aromatic nitrogens is 2. The highest BCUT2D eigenvalue weighted by Gasteiger charge is 2.13. The van der Waals surface area contributed by atoms with Gasteiger partial charge in [0.05, 0.1) is 25.1 Å². The first kappa shape index (κ1) is 27.5. The number of ether oxygens (including phenoxy) is 2. The second-order valence-electron chi connectivity index (χ2n) is 8.64. The van der Waals surface area contributed by atoms with Crippen molar-refractivity contribution in [1.29, 1.82) is 0 Å². The number of thioether (sulfide) groups is 1. The number of amides is 1. The average Bonchev–Trinajstić information content (AvgIpc) is 2.94. The fourth-order valence-electron chi connectivity index (χ4n) is 4.08. The molecule has 7 nitrogen and oxygen atoms in total. The maximum Gasteiger partial charge on any atom is 0.262 e. The number of hydrogen-bond donors (Lipinski definition) is 1. The van der Waals surface area contributed by atoms with Gasteiger partial charge >= 0.3 is 0 Å². The molecule has 198 valence electrons. The number of nitrogens with one attached hydrogen (secondary N) is 1. The molecule has 0 saturated carbocycles. The molecule has 4 aromatic rings. The van der Waals surface area contributed by atoms with E-state index in [0.717, 1.165) is 11.1 Å². The van der Waals surface area contributed by atoms with E-state index in [4.69, 9.17) is 26.1 Å². The number of carbonyl (C=O) groups excluding carboxylic acids is 1. The summed E-state index contributed by atoms with van der Waals surface area (Å²) in [5.74, 6) is 1.86. The summed E-state index contributed by atoms with van der Waals surface area (Å²) in [7, 11) is 3.20. The van der Waals surface area contributed by atoms with Crippen molar-refractivity contribution in [3.8, 4) is 11.5 Å². The standard InChI is InChI=1S/C29H30ClN3O4S/c1-36-25-14-13-20(18-26(25)37-2)15-16-31-27(34)12-7-17-33-28(35)22-9-4-6-11-24(22)32-29(33)38-19-21-8-3-5-10-23(21)30/h3-6,8-11,13-14,18H,7,12,15-17,19H2,1-2H3,(H,31,34). The third-order valence-corrected chi connectivity index (χ3v) is 7.50. The molecule has 0 bridgehead atoms. The molecule has 9 heteroatoms. The predicted molar refractivity (Wildman–Crippen MR) is 153 cm³/mol. The van der Waals surface area contributed by atoms with Gasteiger partial charge in [-0.2, -0.15) is 0 Å². The first-order chi connectivity index (χ1) is 18.5. The number of nitrogens with zero attached hydrogens (tertiary/aromatic N) is 2. The maximum absolute atomic E-state index is 13.3. The van der Waals surface area contributed by atoms with Gasteiger partial charge < -0.3 is 14.8 Å². The Labute approximate surface area is 231 Å². The lowest BCUT2D eigenvalue weighted by Gasteiger charge is -2.14. The molecule has 3 aromatic carbocycles. The topological polar surface area (TPSA) is 82.5 Å². The number of para-hydroxylation sites is 1. The van der Waals surface area contributed by atoms with Crippen LogP contribution < -0.4 is 20.3 Å². The summed E-state index contributed by atoms with van der Waals surface area (Å²) in [6.45, 7) is 0.898. The van der Waals surface area contributed by atoms with E-state index in [1.807, 2.05) is 60.7 Å². The molecule has 0 fully saturated rings. The van der Waals surface area contributed by atoms with E-state index in [9.17, 15) is 9.59 Å². The van der Waals surface area contributed by atoms with Crippen LogP contribution in [-0.4, -0.2) is 36.2 Å². The third kappa shape index (κ3) is 6.88. The Morgan fingerprint density at radius 3 is 2.58 bits per heavy atom. The second kappa shape index (κ2) is 13.3. The fraction of sp³-hybridized carbons (Fsp3) is 0.276. The SMILES string of the molecule is COc1ccc(CCNC(=O)CCCn2c(SCc3ccccc3Cl)nc3ccccc3c2=O)cc1OC. The Kier molecular flexibility index (Phi) is 9.67. The van der Waals surface area contributed by atoms with Crippen molar-refractivity contribution in [2.45, 2.75) is 36.7 Å². The lowest BCUT2D eigenvalue weighted by Crippen LogP contribution is -2.27. The van der Waals surface area contributed by atoms with Crippen LogP contribution in [0.15, 0.2) is 76.7 Å². The first-order valence-corrected chi connectivity index (χ1v) is 13.7. The number of fused-ring (bicyclic) bond motifs is 1. The van der Waals surface area contributed by atoms with Crippen LogP contribution in [-0.2, 0) is 23.5 Å². The molecule has 0 aliphatic carbocycles. The zero-order valence-corrected chi connectivity index (χ0v) is 23.0. The molecule has 0 saturated heterocycles. The van der Waals surface area contributed by atoms with E-state index in [2.05, 4.69) is 5.32 Å². The summed E-state index contributed by atoms with van der Waals surface area (Å²) in [5, 5.41) is 4.82. The van der Waals surface area contributed by atoms with Gasteiger partial charge in [-0.05, 0) is 54.3 Å². The number of halogens is 1. The highest BCUT2D eigenvalue weighted by Crippen LogP contribution is 2.28. The minimum Gasteiger partial charge on any atom is -0.493 e. The molecular weight excluding hydrogens is 522 g/mol. The van der Waals surface area contributed by atoms with Crippen LogP contribution in [0.3, 0.4) is 0 Å². The number of carbonyl (C=O) groups is 1. The van der Waals surface area contributed by atoms with Crippen LogP contribution in [0.1, 0.15) is 24.0 Å². The van der Waals surface area contributed by atoms with Crippen molar-refractivity contribution in [3.63, 3.8) is 0 Å². The molecular formula is C29H30ClN3O4S. The van der Waals surface area contributed by atoms with Crippen molar-refractivity contribution in [1.82, 2.24) is 14.9 Å². The van der Waals surface area contributed by atoms with Gasteiger partial charge in [0.15, 0.2) is 16.7 Å².